The summed E-state index contributed by atoms with van der Waals surface area (Å²) in [6.45, 7) is 6.98. The van der Waals surface area contributed by atoms with Crippen LogP contribution in [-0.2, 0) is 20.6 Å². The van der Waals surface area contributed by atoms with Crippen LogP contribution in [0.3, 0.4) is 0 Å². The number of hydrogen-bond acceptors (Lipinski definition) is 1. The average molecular weight is 296 g/mol. The van der Waals surface area contributed by atoms with Gasteiger partial charge >= 0.3 is 125 Å². The third kappa shape index (κ3) is 4.02. The fourth-order valence-electron chi connectivity index (χ4n) is 3.03. The van der Waals surface area contributed by atoms with E-state index in [1.54, 1.807) is 0 Å². The van der Waals surface area contributed by atoms with Gasteiger partial charge in [0.2, 0.25) is 0 Å². The van der Waals surface area contributed by atoms with Gasteiger partial charge in [0.25, 0.3) is 0 Å². The summed E-state index contributed by atoms with van der Waals surface area (Å²) in [5.74, 6) is 2.16. The van der Waals surface area contributed by atoms with E-state index in [2.05, 4.69) is 60.9 Å². The van der Waals surface area contributed by atoms with E-state index in [0.717, 1.165) is 16.0 Å². The second-order valence-corrected chi connectivity index (χ2v) is 6.71. The molecule has 1 aliphatic rings. The molecule has 0 unspecified atom stereocenters. The van der Waals surface area contributed by atoms with Gasteiger partial charge in [-0.15, -0.1) is 0 Å². The van der Waals surface area contributed by atoms with Crippen molar-refractivity contribution in [3.63, 3.8) is 0 Å². The van der Waals surface area contributed by atoms with Gasteiger partial charge in [-0.25, -0.2) is 0 Å². The van der Waals surface area contributed by atoms with E-state index in [9.17, 15) is 0 Å². The Balaban J connectivity index is 2.04. The van der Waals surface area contributed by atoms with Crippen molar-refractivity contribution in [2.45, 2.75) is 46.1 Å². The molecule has 3 atom stereocenters. The molecule has 1 aromatic rings. The van der Waals surface area contributed by atoms with Crippen LogP contribution in [0.1, 0.15) is 45.6 Å². The van der Waals surface area contributed by atoms with Crippen LogP contribution in [0.4, 0.5) is 0 Å². The molecule has 1 aromatic carbocycles. The van der Waals surface area contributed by atoms with Gasteiger partial charge in [0.05, 0.1) is 0 Å². The Kier molecular flexibility index (Phi) is 5.39. The molecule has 1 aliphatic carbocycles. The van der Waals surface area contributed by atoms with E-state index in [0.29, 0.717) is 17.9 Å². The molecule has 0 bridgehead atoms. The van der Waals surface area contributed by atoms with Crippen LogP contribution in [-0.4, -0.2) is 10.7 Å². The first-order valence-corrected chi connectivity index (χ1v) is 7.97. The molecule has 0 heterocycles. The zero-order chi connectivity index (χ0) is 13.8. The molecule has 2 rings (SSSR count). The topological polar surface area (TPSA) is 9.23 Å². The molecule has 104 valence electrons. The van der Waals surface area contributed by atoms with Crippen LogP contribution in [0.2, 0.25) is 0 Å². The van der Waals surface area contributed by atoms with Crippen LogP contribution >= 0.6 is 0 Å². The van der Waals surface area contributed by atoms with Gasteiger partial charge in [-0.05, 0) is 0 Å². The van der Waals surface area contributed by atoms with E-state index in [1.165, 1.54) is 19.3 Å². The molecule has 0 amide bonds. The number of benzene rings is 1. The molecule has 2 heteroatoms. The minimum atomic E-state index is 0.361. The van der Waals surface area contributed by atoms with Crippen molar-refractivity contribution in [1.29, 1.82) is 0 Å². The Hall–Kier alpha value is -0.418. The van der Waals surface area contributed by atoms with Crippen LogP contribution in [0, 0.1) is 17.8 Å². The number of rotatable bonds is 4. The Morgan fingerprint density at radius 1 is 1.21 bits per heavy atom. The quantitative estimate of drug-likeness (QED) is 0.809. The van der Waals surface area contributed by atoms with Gasteiger partial charge in [-0.1, -0.05) is 0 Å². The summed E-state index contributed by atoms with van der Waals surface area (Å²) in [6, 6.07) is 10.3. The molecule has 1 nitrogen and oxygen atoms in total. The van der Waals surface area contributed by atoms with E-state index >= 15 is 0 Å². The summed E-state index contributed by atoms with van der Waals surface area (Å²) in [5, 5.41) is 0. The molecular formula is C17H24CrO. The van der Waals surface area contributed by atoms with Crippen LogP contribution in [0.15, 0.2) is 30.3 Å². The molecular weight excluding hydrogens is 272 g/mol. The van der Waals surface area contributed by atoms with Crippen molar-refractivity contribution in [2.75, 3.05) is 0 Å². The predicted octanol–water partition coefficient (Wildman–Crippen LogP) is 4.19. The molecule has 0 aromatic heterocycles. The normalized spacial score (nSPS) is 27.5. The van der Waals surface area contributed by atoms with E-state index in [4.69, 9.17) is 4.74 Å². The Bertz CT molecular complexity index is 413. The van der Waals surface area contributed by atoms with Crippen molar-refractivity contribution >= 4 is 4.57 Å². The Morgan fingerprint density at radius 3 is 2.53 bits per heavy atom. The van der Waals surface area contributed by atoms with E-state index in [-0.39, 0.29) is 0 Å². The van der Waals surface area contributed by atoms with Crippen molar-refractivity contribution in [2.24, 2.45) is 17.8 Å². The maximum atomic E-state index is 6.28. The van der Waals surface area contributed by atoms with Gasteiger partial charge in [0, 0.05) is 0 Å². The second-order valence-electron chi connectivity index (χ2n) is 6.14. The summed E-state index contributed by atoms with van der Waals surface area (Å²) >= 11 is 3.11. The summed E-state index contributed by atoms with van der Waals surface area (Å²) < 4.78 is 7.23. The van der Waals surface area contributed by atoms with Crippen LogP contribution in [0.25, 0.3) is 0 Å². The van der Waals surface area contributed by atoms with Crippen molar-refractivity contribution < 1.29 is 20.6 Å². The maximum absolute atomic E-state index is 6.28. The van der Waals surface area contributed by atoms with E-state index in [1.807, 2.05) is 6.07 Å². The SMILES string of the molecule is CC(C)[C@@H]1CC[C@@H](C)C[C@H]1O[C](=[Cr])c1ccccc1. The van der Waals surface area contributed by atoms with E-state index < -0.39 is 0 Å². The van der Waals surface area contributed by atoms with Crippen molar-refractivity contribution in [3.05, 3.63) is 35.9 Å². The summed E-state index contributed by atoms with van der Waals surface area (Å²) in [5.41, 5.74) is 1.16. The van der Waals surface area contributed by atoms with Crippen LogP contribution in [0.5, 0.6) is 0 Å². The second kappa shape index (κ2) is 6.84. The molecule has 0 spiro atoms. The van der Waals surface area contributed by atoms with Gasteiger partial charge in [0.15, 0.2) is 0 Å². The summed E-state index contributed by atoms with van der Waals surface area (Å²) in [7, 11) is 0. The molecule has 19 heavy (non-hydrogen) atoms. The fourth-order valence-corrected chi connectivity index (χ4v) is 3.44. The first-order chi connectivity index (χ1) is 9.08. The Labute approximate surface area is 125 Å². The monoisotopic (exact) mass is 296 g/mol. The van der Waals surface area contributed by atoms with Crippen LogP contribution < -0.4 is 0 Å². The third-order valence-electron chi connectivity index (χ3n) is 4.23. The standard InChI is InChI=1S/C17H24O.Cr/c1-13(2)16-10-9-14(3)11-17(16)18-12-15-7-5-4-6-8-15;/h4-8,13-14,16-17H,9-11H2,1-3H3;/t14-,16+,17-;/m1./s1. The van der Waals surface area contributed by atoms with Gasteiger partial charge in [-0.3, -0.25) is 0 Å². The summed E-state index contributed by atoms with van der Waals surface area (Å²) in [6.07, 6.45) is 4.18. The third-order valence-corrected chi connectivity index (χ3v) is 4.75. The van der Waals surface area contributed by atoms with Crippen molar-refractivity contribution in [3.8, 4) is 0 Å². The average Bonchev–Trinajstić information content (AvgIpc) is 2.39. The minimum absolute atomic E-state index is 0.361. The van der Waals surface area contributed by atoms with Gasteiger partial charge < -0.3 is 0 Å². The zero-order valence-corrected chi connectivity index (χ0v) is 13.4. The number of ether oxygens (including phenoxy) is 1. The first-order valence-electron chi connectivity index (χ1n) is 7.34. The molecule has 0 radical (unpaired) electrons. The molecule has 1 fully saturated rings. The molecule has 1 saturated carbocycles. The number of hydrogen-bond donors (Lipinski definition) is 0. The molecule has 0 aliphatic heterocycles. The van der Waals surface area contributed by atoms with Gasteiger partial charge in [0.1, 0.15) is 0 Å². The summed E-state index contributed by atoms with van der Waals surface area (Å²) in [4.78, 5) is 0. The predicted molar refractivity (Wildman–Crippen MR) is 76.8 cm³/mol. The van der Waals surface area contributed by atoms with Gasteiger partial charge in [-0.2, -0.15) is 0 Å². The first kappa shape index (κ1) is 15.0. The molecule has 0 saturated heterocycles. The van der Waals surface area contributed by atoms with Crippen molar-refractivity contribution in [1.82, 2.24) is 0 Å². The fraction of sp³-hybridized carbons (Fsp3) is 0.588. The molecule has 0 N–H and O–H groups in total. The zero-order valence-electron chi connectivity index (χ0n) is 12.1. The Morgan fingerprint density at radius 2 is 1.89 bits per heavy atom.